The van der Waals surface area contributed by atoms with Crippen molar-refractivity contribution in [3.8, 4) is 0 Å². The Hall–Kier alpha value is -0.940. The van der Waals surface area contributed by atoms with Crippen molar-refractivity contribution < 1.29 is 24.5 Å². The molecule has 0 amide bonds. The maximum Gasteiger partial charge on any atom is 0.323 e. The normalized spacial score (nSPS) is 10.8. The quantitative estimate of drug-likeness (QED) is 0.304. The molecule has 0 unspecified atom stereocenters. The number of ether oxygens (including phenoxy) is 1. The van der Waals surface area contributed by atoms with Crippen LogP contribution in [-0.4, -0.2) is 35.9 Å². The van der Waals surface area contributed by atoms with Gasteiger partial charge in [-0.2, -0.15) is 0 Å². The zero-order valence-corrected chi connectivity index (χ0v) is 6.11. The summed E-state index contributed by atoms with van der Waals surface area (Å²) in [6.45, 7) is 0.136. The van der Waals surface area contributed by atoms with Crippen LogP contribution in [0.15, 0.2) is 0 Å². The number of carbonyl (C=O) groups is 2. The third-order valence-corrected chi connectivity index (χ3v) is 1.35. The lowest BCUT2D eigenvalue weighted by Crippen LogP contribution is -2.36. The predicted molar refractivity (Wildman–Crippen MR) is 34.4 cm³/mol. The topological polar surface area (TPSA) is 83.8 Å². The van der Waals surface area contributed by atoms with Crippen molar-refractivity contribution in [3.63, 3.8) is 0 Å². The zero-order valence-electron chi connectivity index (χ0n) is 6.11. The maximum absolute atomic E-state index is 10.8. The SMILES string of the molecule is CC(CO)(CO)C(=O)OC=O. The number of carbonyl (C=O) groups excluding carboxylic acids is 2. The summed E-state index contributed by atoms with van der Waals surface area (Å²) in [5.74, 6) is -0.933. The Bertz CT molecular complexity index is 149. The number of hydrogen-bond donors (Lipinski definition) is 2. The fourth-order valence-corrected chi connectivity index (χ4v) is 0.365. The highest BCUT2D eigenvalue weighted by Crippen LogP contribution is 2.15. The Morgan fingerprint density at radius 3 is 2.27 bits per heavy atom. The second-order valence-electron chi connectivity index (χ2n) is 2.38. The molecule has 0 atom stereocenters. The van der Waals surface area contributed by atoms with Crippen molar-refractivity contribution in [1.82, 2.24) is 0 Å². The van der Waals surface area contributed by atoms with Gasteiger partial charge in [-0.25, -0.2) is 0 Å². The van der Waals surface area contributed by atoms with E-state index in [1.807, 2.05) is 0 Å². The van der Waals surface area contributed by atoms with Crippen LogP contribution in [0.1, 0.15) is 6.92 Å². The van der Waals surface area contributed by atoms with Crippen molar-refractivity contribution in [3.05, 3.63) is 0 Å². The molecule has 0 heterocycles. The molecule has 0 aromatic heterocycles. The van der Waals surface area contributed by atoms with Gasteiger partial charge in [0.05, 0.1) is 13.2 Å². The molecule has 5 heteroatoms. The molecule has 0 fully saturated rings. The minimum atomic E-state index is -1.39. The first-order valence-electron chi connectivity index (χ1n) is 2.97. The van der Waals surface area contributed by atoms with E-state index in [1.54, 1.807) is 0 Å². The molecule has 0 aliphatic rings. The van der Waals surface area contributed by atoms with Crippen molar-refractivity contribution >= 4 is 12.4 Å². The third-order valence-electron chi connectivity index (χ3n) is 1.35. The van der Waals surface area contributed by atoms with E-state index in [-0.39, 0.29) is 6.47 Å². The average Bonchev–Trinajstić information content (AvgIpc) is 2.03. The van der Waals surface area contributed by atoms with Crippen molar-refractivity contribution in [2.75, 3.05) is 13.2 Å². The third kappa shape index (κ3) is 2.28. The highest BCUT2D eigenvalue weighted by molar-refractivity contribution is 5.82. The first kappa shape index (κ1) is 10.1. The molecule has 0 radical (unpaired) electrons. The molecule has 64 valence electrons. The molecule has 0 aromatic rings. The molecular weight excluding hydrogens is 152 g/mol. The lowest BCUT2D eigenvalue weighted by Gasteiger charge is -2.19. The number of hydrogen-bond acceptors (Lipinski definition) is 5. The highest BCUT2D eigenvalue weighted by Gasteiger charge is 2.33. The molecule has 0 rings (SSSR count). The highest BCUT2D eigenvalue weighted by atomic mass is 16.6. The van der Waals surface area contributed by atoms with Gasteiger partial charge in [-0.05, 0) is 6.92 Å². The molecule has 0 bridgehead atoms. The van der Waals surface area contributed by atoms with Crippen LogP contribution >= 0.6 is 0 Å². The van der Waals surface area contributed by atoms with E-state index in [9.17, 15) is 9.59 Å². The van der Waals surface area contributed by atoms with E-state index in [4.69, 9.17) is 10.2 Å². The Morgan fingerprint density at radius 1 is 1.55 bits per heavy atom. The Labute approximate surface area is 63.6 Å². The second-order valence-corrected chi connectivity index (χ2v) is 2.38. The van der Waals surface area contributed by atoms with Crippen LogP contribution in [0.4, 0.5) is 0 Å². The summed E-state index contributed by atoms with van der Waals surface area (Å²) in [6.07, 6.45) is 0. The van der Waals surface area contributed by atoms with E-state index in [1.165, 1.54) is 6.92 Å². The van der Waals surface area contributed by atoms with Crippen molar-refractivity contribution in [2.24, 2.45) is 5.41 Å². The van der Waals surface area contributed by atoms with E-state index in [0.717, 1.165) is 0 Å². The summed E-state index contributed by atoms with van der Waals surface area (Å²) in [4.78, 5) is 20.4. The van der Waals surface area contributed by atoms with Gasteiger partial charge in [0, 0.05) is 0 Å². The summed E-state index contributed by atoms with van der Waals surface area (Å²) in [6, 6.07) is 0. The van der Waals surface area contributed by atoms with Gasteiger partial charge in [-0.1, -0.05) is 0 Å². The molecule has 0 saturated carbocycles. The number of esters is 1. The number of rotatable bonds is 4. The molecule has 2 N–H and O–H groups in total. The number of aliphatic hydroxyl groups excluding tert-OH is 2. The largest absolute Gasteiger partial charge is 0.395 e. The van der Waals surface area contributed by atoms with E-state index >= 15 is 0 Å². The van der Waals surface area contributed by atoms with E-state index in [2.05, 4.69) is 4.74 Å². The Kier molecular flexibility index (Phi) is 3.70. The molecule has 0 aliphatic carbocycles. The first-order chi connectivity index (χ1) is 5.10. The van der Waals surface area contributed by atoms with Crippen LogP contribution in [0, 0.1) is 5.41 Å². The van der Waals surface area contributed by atoms with Gasteiger partial charge in [-0.3, -0.25) is 9.59 Å². The lowest BCUT2D eigenvalue weighted by molar-refractivity contribution is -0.163. The Morgan fingerprint density at radius 2 is 2.00 bits per heavy atom. The minimum Gasteiger partial charge on any atom is -0.395 e. The smallest absolute Gasteiger partial charge is 0.323 e. The summed E-state index contributed by atoms with van der Waals surface area (Å²) >= 11 is 0. The van der Waals surface area contributed by atoms with Crippen LogP contribution in [0.3, 0.4) is 0 Å². The van der Waals surface area contributed by atoms with Crippen LogP contribution in [0.5, 0.6) is 0 Å². The van der Waals surface area contributed by atoms with E-state index < -0.39 is 24.6 Å². The second kappa shape index (κ2) is 4.05. The average molecular weight is 162 g/mol. The molecule has 0 aliphatic heterocycles. The fourth-order valence-electron chi connectivity index (χ4n) is 0.365. The van der Waals surface area contributed by atoms with Gasteiger partial charge in [0.2, 0.25) is 0 Å². The van der Waals surface area contributed by atoms with Gasteiger partial charge in [0.1, 0.15) is 5.41 Å². The molecular formula is C6H10O5. The maximum atomic E-state index is 10.8. The number of aliphatic hydroxyl groups is 2. The van der Waals surface area contributed by atoms with Crippen molar-refractivity contribution in [1.29, 1.82) is 0 Å². The molecule has 0 aromatic carbocycles. The summed E-state index contributed by atoms with van der Waals surface area (Å²) in [5.41, 5.74) is -1.39. The first-order valence-corrected chi connectivity index (χ1v) is 2.97. The Balaban J connectivity index is 4.23. The van der Waals surface area contributed by atoms with Gasteiger partial charge < -0.3 is 14.9 Å². The zero-order chi connectivity index (χ0) is 8.91. The predicted octanol–water partition coefficient (Wildman–Crippen LogP) is -1.32. The fraction of sp³-hybridized carbons (Fsp3) is 0.667. The van der Waals surface area contributed by atoms with Gasteiger partial charge in [-0.15, -0.1) is 0 Å². The summed E-state index contributed by atoms with van der Waals surface area (Å²) in [7, 11) is 0. The summed E-state index contributed by atoms with van der Waals surface area (Å²) < 4.78 is 3.95. The molecule has 11 heavy (non-hydrogen) atoms. The van der Waals surface area contributed by atoms with Crippen LogP contribution in [0.2, 0.25) is 0 Å². The van der Waals surface area contributed by atoms with Crippen LogP contribution in [-0.2, 0) is 14.3 Å². The van der Waals surface area contributed by atoms with Crippen LogP contribution in [0.25, 0.3) is 0 Å². The van der Waals surface area contributed by atoms with Gasteiger partial charge >= 0.3 is 12.4 Å². The molecule has 0 spiro atoms. The van der Waals surface area contributed by atoms with Crippen molar-refractivity contribution in [2.45, 2.75) is 6.92 Å². The van der Waals surface area contributed by atoms with Gasteiger partial charge in [0.15, 0.2) is 0 Å². The monoisotopic (exact) mass is 162 g/mol. The van der Waals surface area contributed by atoms with E-state index in [0.29, 0.717) is 0 Å². The van der Waals surface area contributed by atoms with Gasteiger partial charge in [0.25, 0.3) is 0 Å². The lowest BCUT2D eigenvalue weighted by atomic mass is 9.93. The molecule has 0 saturated heterocycles. The standard InChI is InChI=1S/C6H10O5/c1-6(2-7,3-8)5(10)11-4-9/h4,7-8H,2-3H2,1H3. The summed E-state index contributed by atoms with van der Waals surface area (Å²) in [5, 5.41) is 17.2. The molecule has 5 nitrogen and oxygen atoms in total. The van der Waals surface area contributed by atoms with Crippen LogP contribution < -0.4 is 0 Å². The minimum absolute atomic E-state index is 0.0358.